The highest BCUT2D eigenvalue weighted by molar-refractivity contribution is 14.0. The van der Waals surface area contributed by atoms with Crippen molar-refractivity contribution in [1.29, 1.82) is 0 Å². The highest BCUT2D eigenvalue weighted by Gasteiger charge is 2.24. The maximum absolute atomic E-state index is 9.61. The summed E-state index contributed by atoms with van der Waals surface area (Å²) in [6.07, 6.45) is 3.20. The largest absolute Gasteiger partial charge is 0.391 e. The molecule has 0 aromatic rings. The lowest BCUT2D eigenvalue weighted by Crippen LogP contribution is -2.41. The Morgan fingerprint density at radius 1 is 1.37 bits per heavy atom. The van der Waals surface area contributed by atoms with Gasteiger partial charge in [-0.2, -0.15) is 0 Å². The monoisotopic (exact) mass is 382 g/mol. The smallest absolute Gasteiger partial charge is 0.194 e. The van der Waals surface area contributed by atoms with Crippen molar-refractivity contribution >= 4 is 29.9 Å². The zero-order valence-electron chi connectivity index (χ0n) is 12.0. The van der Waals surface area contributed by atoms with Gasteiger partial charge in [0.2, 0.25) is 0 Å². The van der Waals surface area contributed by atoms with Crippen LogP contribution in [0.2, 0.25) is 0 Å². The van der Waals surface area contributed by atoms with Crippen LogP contribution in [-0.2, 0) is 0 Å². The Morgan fingerprint density at radius 2 is 2.16 bits per heavy atom. The topological polar surface area (TPSA) is 51.1 Å². The molecule has 0 aliphatic carbocycles. The van der Waals surface area contributed by atoms with Crippen LogP contribution < -0.4 is 5.32 Å². The Balaban J connectivity index is 0.00000180. The molecule has 0 aromatic carbocycles. The molecule has 112 valence electrons. The zero-order valence-corrected chi connectivity index (χ0v) is 14.3. The van der Waals surface area contributed by atoms with Crippen molar-refractivity contribution in [2.45, 2.75) is 38.3 Å². The lowest BCUT2D eigenvalue weighted by atomic mass is 10.2. The summed E-state index contributed by atoms with van der Waals surface area (Å²) in [6, 6.07) is 0.589. The van der Waals surface area contributed by atoms with Crippen molar-refractivity contribution in [3.8, 4) is 0 Å². The molecule has 0 spiro atoms. The zero-order chi connectivity index (χ0) is 13.0. The van der Waals surface area contributed by atoms with Gasteiger partial charge < -0.3 is 20.2 Å². The Kier molecular flexibility index (Phi) is 7.38. The van der Waals surface area contributed by atoms with Crippen LogP contribution in [0.15, 0.2) is 4.99 Å². The van der Waals surface area contributed by atoms with Crippen LogP contribution in [0.1, 0.15) is 26.2 Å². The number of rotatable bonds is 3. The van der Waals surface area contributed by atoms with Gasteiger partial charge in [0.1, 0.15) is 0 Å². The van der Waals surface area contributed by atoms with Crippen molar-refractivity contribution in [2.24, 2.45) is 4.99 Å². The van der Waals surface area contributed by atoms with Crippen molar-refractivity contribution in [2.75, 3.05) is 39.8 Å². The van der Waals surface area contributed by atoms with Gasteiger partial charge in [0.25, 0.3) is 0 Å². The van der Waals surface area contributed by atoms with Gasteiger partial charge in [-0.05, 0) is 39.8 Å². The van der Waals surface area contributed by atoms with Gasteiger partial charge in [0, 0.05) is 25.7 Å². The molecule has 6 heteroatoms. The predicted octanol–water partition coefficient (Wildman–Crippen LogP) is 0.731. The highest BCUT2D eigenvalue weighted by Crippen LogP contribution is 2.15. The summed E-state index contributed by atoms with van der Waals surface area (Å²) in [5, 5.41) is 12.9. The molecule has 0 aromatic heterocycles. The number of aliphatic imine (C=N–C) groups is 1. The molecule has 2 N–H and O–H groups in total. The molecule has 0 saturated carbocycles. The van der Waals surface area contributed by atoms with E-state index >= 15 is 0 Å². The molecule has 2 fully saturated rings. The van der Waals surface area contributed by atoms with Crippen LogP contribution in [0.4, 0.5) is 0 Å². The molecule has 0 radical (unpaired) electrons. The SMILES string of the molecule is CCNC(=NCC1CCCN1C)N1CC[C@@H](O)C1.I. The third-order valence-corrected chi connectivity index (χ3v) is 3.92. The molecule has 19 heavy (non-hydrogen) atoms. The summed E-state index contributed by atoms with van der Waals surface area (Å²) in [5.41, 5.74) is 0. The van der Waals surface area contributed by atoms with Gasteiger partial charge in [-0.3, -0.25) is 4.99 Å². The van der Waals surface area contributed by atoms with E-state index in [0.717, 1.165) is 32.0 Å². The molecular formula is C13H27IN4O. The third kappa shape index (κ3) is 4.75. The second-order valence-electron chi connectivity index (χ2n) is 5.36. The summed E-state index contributed by atoms with van der Waals surface area (Å²) < 4.78 is 0. The Hall–Kier alpha value is -0.0800. The van der Waals surface area contributed by atoms with E-state index in [2.05, 4.69) is 29.1 Å². The normalized spacial score (nSPS) is 28.6. The van der Waals surface area contributed by atoms with E-state index in [-0.39, 0.29) is 30.1 Å². The number of nitrogens with one attached hydrogen (secondary N) is 1. The summed E-state index contributed by atoms with van der Waals surface area (Å²) in [7, 11) is 2.18. The summed E-state index contributed by atoms with van der Waals surface area (Å²) in [5.74, 6) is 0.967. The van der Waals surface area contributed by atoms with E-state index in [1.165, 1.54) is 19.4 Å². The molecule has 2 atom stereocenters. The quantitative estimate of drug-likeness (QED) is 0.429. The number of β-amino-alcohol motifs (C(OH)–C–C–N with tert-alkyl or cyclic N) is 1. The lowest BCUT2D eigenvalue weighted by Gasteiger charge is -2.23. The molecule has 5 nitrogen and oxygen atoms in total. The number of halogens is 1. The number of guanidine groups is 1. The molecule has 2 heterocycles. The minimum Gasteiger partial charge on any atom is -0.391 e. The van der Waals surface area contributed by atoms with E-state index in [1.807, 2.05) is 0 Å². The first kappa shape index (κ1) is 17.0. The first-order valence-electron chi connectivity index (χ1n) is 7.12. The predicted molar refractivity (Wildman–Crippen MR) is 89.2 cm³/mol. The molecule has 1 unspecified atom stereocenters. The lowest BCUT2D eigenvalue weighted by molar-refractivity contribution is 0.187. The number of likely N-dealkylation sites (tertiary alicyclic amines) is 2. The van der Waals surface area contributed by atoms with E-state index in [1.54, 1.807) is 0 Å². The standard InChI is InChI=1S/C13H26N4O.HI/c1-3-14-13(17-8-6-12(18)10-17)15-9-11-5-4-7-16(11)2;/h11-12,18H,3-10H2,1-2H3,(H,14,15);1H/t11?,12-;/m1./s1. The van der Waals surface area contributed by atoms with Gasteiger partial charge in [0.15, 0.2) is 5.96 Å². The van der Waals surface area contributed by atoms with Crippen LogP contribution in [0.3, 0.4) is 0 Å². The maximum atomic E-state index is 9.61. The molecule has 2 saturated heterocycles. The minimum absolute atomic E-state index is 0. The Morgan fingerprint density at radius 3 is 2.68 bits per heavy atom. The molecule has 2 rings (SSSR count). The van der Waals surface area contributed by atoms with Crippen LogP contribution in [0.5, 0.6) is 0 Å². The van der Waals surface area contributed by atoms with Crippen LogP contribution in [0, 0.1) is 0 Å². The second kappa shape index (κ2) is 8.26. The number of hydrogen-bond acceptors (Lipinski definition) is 3. The van der Waals surface area contributed by atoms with Crippen LogP contribution in [0.25, 0.3) is 0 Å². The minimum atomic E-state index is -0.192. The first-order valence-corrected chi connectivity index (χ1v) is 7.12. The average molecular weight is 382 g/mol. The number of hydrogen-bond donors (Lipinski definition) is 2. The maximum Gasteiger partial charge on any atom is 0.194 e. The van der Waals surface area contributed by atoms with E-state index in [0.29, 0.717) is 12.6 Å². The van der Waals surface area contributed by atoms with Gasteiger partial charge in [-0.15, -0.1) is 24.0 Å². The Labute approximate surface area is 133 Å². The first-order chi connectivity index (χ1) is 8.70. The van der Waals surface area contributed by atoms with E-state index < -0.39 is 0 Å². The molecule has 2 aliphatic heterocycles. The van der Waals surface area contributed by atoms with E-state index in [4.69, 9.17) is 4.99 Å². The average Bonchev–Trinajstić information content (AvgIpc) is 2.94. The van der Waals surface area contributed by atoms with Crippen LogP contribution in [-0.4, -0.2) is 72.8 Å². The van der Waals surface area contributed by atoms with Gasteiger partial charge >= 0.3 is 0 Å². The van der Waals surface area contributed by atoms with Crippen molar-refractivity contribution in [1.82, 2.24) is 15.1 Å². The van der Waals surface area contributed by atoms with Crippen molar-refractivity contribution in [3.63, 3.8) is 0 Å². The summed E-state index contributed by atoms with van der Waals surface area (Å²) in [6.45, 7) is 6.65. The summed E-state index contributed by atoms with van der Waals surface area (Å²) in [4.78, 5) is 9.31. The fourth-order valence-electron chi connectivity index (χ4n) is 2.76. The van der Waals surface area contributed by atoms with Crippen LogP contribution >= 0.6 is 24.0 Å². The number of aliphatic hydroxyl groups excluding tert-OH is 1. The number of likely N-dealkylation sites (N-methyl/N-ethyl adjacent to an activating group) is 1. The van der Waals surface area contributed by atoms with Gasteiger partial charge in [-0.25, -0.2) is 0 Å². The Bertz CT molecular complexity index is 300. The highest BCUT2D eigenvalue weighted by atomic mass is 127. The fourth-order valence-corrected chi connectivity index (χ4v) is 2.76. The number of nitrogens with zero attached hydrogens (tertiary/aromatic N) is 3. The fraction of sp³-hybridized carbons (Fsp3) is 0.923. The molecular weight excluding hydrogens is 355 g/mol. The number of aliphatic hydroxyl groups is 1. The second-order valence-corrected chi connectivity index (χ2v) is 5.36. The van der Waals surface area contributed by atoms with Crippen molar-refractivity contribution < 1.29 is 5.11 Å². The third-order valence-electron chi connectivity index (χ3n) is 3.92. The van der Waals surface area contributed by atoms with Gasteiger partial charge in [0.05, 0.1) is 12.6 Å². The molecule has 2 aliphatic rings. The summed E-state index contributed by atoms with van der Waals surface area (Å²) >= 11 is 0. The van der Waals surface area contributed by atoms with Gasteiger partial charge in [-0.1, -0.05) is 0 Å². The van der Waals surface area contributed by atoms with Crippen molar-refractivity contribution in [3.05, 3.63) is 0 Å². The molecule has 0 bridgehead atoms. The molecule has 0 amide bonds. The van der Waals surface area contributed by atoms with E-state index in [9.17, 15) is 5.11 Å².